The summed E-state index contributed by atoms with van der Waals surface area (Å²) in [7, 11) is 0. The standard InChI is InChI=1S/C18H11F3N4OS/c19-18(20,21)17-23-13-8-4-2-6-11(13)16(25-17)27-9-14-22-12-7-3-1-5-10(12)15(26)24-14/h1-8H,9H2,(H,22,24,26). The highest BCUT2D eigenvalue weighted by Gasteiger charge is 2.35. The highest BCUT2D eigenvalue weighted by molar-refractivity contribution is 7.98. The van der Waals surface area contributed by atoms with E-state index in [0.29, 0.717) is 22.1 Å². The molecule has 0 amide bonds. The Morgan fingerprint density at radius 2 is 1.52 bits per heavy atom. The van der Waals surface area contributed by atoms with Crippen LogP contribution in [0.15, 0.2) is 58.4 Å². The molecule has 2 heterocycles. The van der Waals surface area contributed by atoms with Crippen LogP contribution in [-0.2, 0) is 11.9 Å². The Bertz CT molecular complexity index is 1210. The number of aromatic amines is 1. The average molecular weight is 388 g/mol. The van der Waals surface area contributed by atoms with E-state index in [4.69, 9.17) is 0 Å². The van der Waals surface area contributed by atoms with E-state index < -0.39 is 12.0 Å². The van der Waals surface area contributed by atoms with E-state index in [0.717, 1.165) is 11.8 Å². The summed E-state index contributed by atoms with van der Waals surface area (Å²) >= 11 is 1.07. The summed E-state index contributed by atoms with van der Waals surface area (Å²) < 4.78 is 39.3. The van der Waals surface area contributed by atoms with Crippen molar-refractivity contribution >= 4 is 33.6 Å². The molecule has 4 rings (SSSR count). The summed E-state index contributed by atoms with van der Waals surface area (Å²) in [5, 5.41) is 1.15. The lowest BCUT2D eigenvalue weighted by atomic mass is 10.2. The van der Waals surface area contributed by atoms with Gasteiger partial charge < -0.3 is 4.98 Å². The van der Waals surface area contributed by atoms with Crippen LogP contribution in [0, 0.1) is 0 Å². The lowest BCUT2D eigenvalue weighted by Gasteiger charge is -2.10. The van der Waals surface area contributed by atoms with Crippen molar-refractivity contribution in [3.05, 3.63) is 70.5 Å². The van der Waals surface area contributed by atoms with Crippen LogP contribution >= 0.6 is 11.8 Å². The highest BCUT2D eigenvalue weighted by atomic mass is 32.2. The molecule has 0 atom stereocenters. The number of nitrogens with zero attached hydrogens (tertiary/aromatic N) is 3. The van der Waals surface area contributed by atoms with Crippen molar-refractivity contribution < 1.29 is 13.2 Å². The molecule has 0 radical (unpaired) electrons. The number of thioether (sulfide) groups is 1. The minimum Gasteiger partial charge on any atom is -0.309 e. The van der Waals surface area contributed by atoms with Crippen molar-refractivity contribution in [2.24, 2.45) is 0 Å². The van der Waals surface area contributed by atoms with Crippen LogP contribution in [0.3, 0.4) is 0 Å². The Morgan fingerprint density at radius 3 is 2.22 bits per heavy atom. The number of halogens is 3. The van der Waals surface area contributed by atoms with E-state index in [1.807, 2.05) is 0 Å². The molecule has 0 unspecified atom stereocenters. The van der Waals surface area contributed by atoms with E-state index in [9.17, 15) is 18.0 Å². The van der Waals surface area contributed by atoms with E-state index in [1.165, 1.54) is 6.07 Å². The van der Waals surface area contributed by atoms with Crippen molar-refractivity contribution in [2.75, 3.05) is 0 Å². The minimum atomic E-state index is -4.64. The number of para-hydroxylation sites is 2. The Labute approximate surface area is 154 Å². The second-order valence-corrected chi connectivity index (χ2v) is 6.65. The summed E-state index contributed by atoms with van der Waals surface area (Å²) in [6.07, 6.45) is -4.64. The first-order valence-electron chi connectivity index (χ1n) is 7.86. The Hall–Kier alpha value is -2.94. The van der Waals surface area contributed by atoms with Gasteiger partial charge in [-0.25, -0.2) is 15.0 Å². The number of nitrogens with one attached hydrogen (secondary N) is 1. The van der Waals surface area contributed by atoms with Gasteiger partial charge in [0.15, 0.2) is 0 Å². The molecule has 0 bridgehead atoms. The maximum absolute atomic E-state index is 13.1. The van der Waals surface area contributed by atoms with Gasteiger partial charge in [0, 0.05) is 5.39 Å². The number of benzene rings is 2. The zero-order valence-corrected chi connectivity index (χ0v) is 14.4. The van der Waals surface area contributed by atoms with Crippen LogP contribution in [0.25, 0.3) is 21.8 Å². The molecule has 2 aromatic carbocycles. The summed E-state index contributed by atoms with van der Waals surface area (Å²) in [5.74, 6) is -0.665. The molecule has 0 aliphatic carbocycles. The first-order valence-corrected chi connectivity index (χ1v) is 8.85. The third kappa shape index (κ3) is 3.50. The molecule has 4 aromatic rings. The second kappa shape index (κ2) is 6.66. The molecule has 27 heavy (non-hydrogen) atoms. The maximum atomic E-state index is 13.1. The fraction of sp³-hybridized carbons (Fsp3) is 0.111. The van der Waals surface area contributed by atoms with Gasteiger partial charge in [-0.1, -0.05) is 42.1 Å². The smallest absolute Gasteiger partial charge is 0.309 e. The molecule has 0 aliphatic rings. The summed E-state index contributed by atoms with van der Waals surface area (Å²) in [5.41, 5.74) is 0.447. The van der Waals surface area contributed by atoms with Crippen molar-refractivity contribution in [1.82, 2.24) is 19.9 Å². The Kier molecular flexibility index (Phi) is 4.31. The largest absolute Gasteiger partial charge is 0.451 e. The van der Waals surface area contributed by atoms with Gasteiger partial charge in [-0.3, -0.25) is 4.79 Å². The fourth-order valence-corrected chi connectivity index (χ4v) is 3.51. The van der Waals surface area contributed by atoms with Crippen LogP contribution < -0.4 is 5.56 Å². The topological polar surface area (TPSA) is 71.5 Å². The van der Waals surface area contributed by atoms with Gasteiger partial charge in [-0.15, -0.1) is 0 Å². The average Bonchev–Trinajstić information content (AvgIpc) is 2.65. The fourth-order valence-electron chi connectivity index (χ4n) is 2.62. The molecule has 9 heteroatoms. The number of H-pyrrole nitrogens is 1. The van der Waals surface area contributed by atoms with E-state index in [2.05, 4.69) is 19.9 Å². The molecule has 136 valence electrons. The van der Waals surface area contributed by atoms with Gasteiger partial charge in [0.2, 0.25) is 5.82 Å². The van der Waals surface area contributed by atoms with Crippen LogP contribution in [0.4, 0.5) is 13.2 Å². The zero-order valence-electron chi connectivity index (χ0n) is 13.6. The van der Waals surface area contributed by atoms with Crippen molar-refractivity contribution in [3.63, 3.8) is 0 Å². The first-order chi connectivity index (χ1) is 12.9. The third-order valence-corrected chi connectivity index (χ3v) is 4.83. The second-order valence-electron chi connectivity index (χ2n) is 5.69. The van der Waals surface area contributed by atoms with Gasteiger partial charge >= 0.3 is 6.18 Å². The van der Waals surface area contributed by atoms with E-state index in [-0.39, 0.29) is 21.9 Å². The molecule has 0 spiro atoms. The van der Waals surface area contributed by atoms with E-state index >= 15 is 0 Å². The highest BCUT2D eigenvalue weighted by Crippen LogP contribution is 2.32. The quantitative estimate of drug-likeness (QED) is 0.421. The molecule has 0 fully saturated rings. The lowest BCUT2D eigenvalue weighted by molar-refractivity contribution is -0.145. The number of aromatic nitrogens is 4. The van der Waals surface area contributed by atoms with Gasteiger partial charge in [-0.2, -0.15) is 13.2 Å². The molecular weight excluding hydrogens is 377 g/mol. The first kappa shape index (κ1) is 17.5. The van der Waals surface area contributed by atoms with Crippen molar-refractivity contribution in [2.45, 2.75) is 17.0 Å². The van der Waals surface area contributed by atoms with Gasteiger partial charge in [0.25, 0.3) is 5.56 Å². The predicted octanol–water partition coefficient (Wildman–Crippen LogP) is 4.18. The van der Waals surface area contributed by atoms with Gasteiger partial charge in [0.1, 0.15) is 10.9 Å². The lowest BCUT2D eigenvalue weighted by Crippen LogP contribution is -2.12. The van der Waals surface area contributed by atoms with Crippen LogP contribution in [-0.4, -0.2) is 19.9 Å². The van der Waals surface area contributed by atoms with Crippen LogP contribution in [0.5, 0.6) is 0 Å². The summed E-state index contributed by atoms with van der Waals surface area (Å²) in [6, 6.07) is 13.4. The number of hydrogen-bond donors (Lipinski definition) is 1. The van der Waals surface area contributed by atoms with E-state index in [1.54, 1.807) is 42.5 Å². The number of fused-ring (bicyclic) bond motifs is 2. The molecule has 1 N–H and O–H groups in total. The minimum absolute atomic E-state index is 0.165. The molecule has 0 aliphatic heterocycles. The van der Waals surface area contributed by atoms with Gasteiger partial charge in [-0.05, 0) is 18.2 Å². The SMILES string of the molecule is O=c1[nH]c(CSc2nc(C(F)(F)F)nc3ccccc23)nc2ccccc12. The monoisotopic (exact) mass is 388 g/mol. The maximum Gasteiger partial charge on any atom is 0.451 e. The summed E-state index contributed by atoms with van der Waals surface area (Å²) in [6.45, 7) is 0. The normalized spacial score (nSPS) is 12.0. The Balaban J connectivity index is 1.72. The zero-order chi connectivity index (χ0) is 19.0. The molecule has 5 nitrogen and oxygen atoms in total. The van der Waals surface area contributed by atoms with Crippen molar-refractivity contribution in [1.29, 1.82) is 0 Å². The number of alkyl halides is 3. The van der Waals surface area contributed by atoms with Crippen LogP contribution in [0.2, 0.25) is 0 Å². The molecular formula is C18H11F3N4OS. The number of hydrogen-bond acceptors (Lipinski definition) is 5. The molecule has 0 saturated carbocycles. The molecule has 0 saturated heterocycles. The third-order valence-electron chi connectivity index (χ3n) is 3.83. The predicted molar refractivity (Wildman–Crippen MR) is 96.5 cm³/mol. The number of rotatable bonds is 3. The molecule has 2 aromatic heterocycles. The van der Waals surface area contributed by atoms with Gasteiger partial charge in [0.05, 0.1) is 22.2 Å². The summed E-state index contributed by atoms with van der Waals surface area (Å²) in [4.78, 5) is 26.4. The Morgan fingerprint density at radius 1 is 0.889 bits per heavy atom. The van der Waals surface area contributed by atoms with Crippen molar-refractivity contribution in [3.8, 4) is 0 Å². The van der Waals surface area contributed by atoms with Crippen LogP contribution in [0.1, 0.15) is 11.6 Å².